The van der Waals surface area contributed by atoms with Gasteiger partial charge in [-0.25, -0.2) is 4.79 Å². The topological polar surface area (TPSA) is 43.4 Å². The summed E-state index contributed by atoms with van der Waals surface area (Å²) in [7, 11) is 0. The predicted octanol–water partition coefficient (Wildman–Crippen LogP) is 2.28. The van der Waals surface area contributed by atoms with Crippen LogP contribution in [0, 0.1) is 23.2 Å². The SMILES string of the molecule is C=C1C(=O)O[C@@H]2[C@H]3[C@@H](C)C(=O)C=C[C@]3(C)CC[C@@H]12. The van der Waals surface area contributed by atoms with Crippen LogP contribution in [0.4, 0.5) is 0 Å². The Bertz CT molecular complexity index is 476. The number of carbonyl (C=O) groups is 2. The molecule has 2 aliphatic carbocycles. The average Bonchev–Trinajstić information content (AvgIpc) is 2.60. The lowest BCUT2D eigenvalue weighted by Crippen LogP contribution is -2.49. The number of hydrogen-bond donors (Lipinski definition) is 0. The van der Waals surface area contributed by atoms with Crippen molar-refractivity contribution >= 4 is 11.8 Å². The van der Waals surface area contributed by atoms with Gasteiger partial charge in [0.25, 0.3) is 0 Å². The largest absolute Gasteiger partial charge is 0.458 e. The fourth-order valence-electron chi connectivity index (χ4n) is 3.95. The van der Waals surface area contributed by atoms with E-state index in [2.05, 4.69) is 13.5 Å². The molecule has 1 heterocycles. The van der Waals surface area contributed by atoms with Crippen LogP contribution < -0.4 is 0 Å². The minimum atomic E-state index is -0.275. The van der Waals surface area contributed by atoms with Gasteiger partial charge in [0.2, 0.25) is 0 Å². The second-order valence-electron chi connectivity index (χ2n) is 6.10. The highest BCUT2D eigenvalue weighted by molar-refractivity contribution is 5.94. The van der Waals surface area contributed by atoms with Crippen LogP contribution in [0.5, 0.6) is 0 Å². The quantitative estimate of drug-likeness (QED) is 0.486. The summed E-state index contributed by atoms with van der Waals surface area (Å²) in [5.41, 5.74) is 0.565. The third kappa shape index (κ3) is 1.36. The summed E-state index contributed by atoms with van der Waals surface area (Å²) in [6.45, 7) is 7.97. The van der Waals surface area contributed by atoms with E-state index in [1.54, 1.807) is 6.08 Å². The minimum Gasteiger partial charge on any atom is -0.458 e. The van der Waals surface area contributed by atoms with E-state index < -0.39 is 0 Å². The Hall–Kier alpha value is -1.38. The molecule has 0 unspecified atom stereocenters. The van der Waals surface area contributed by atoms with Crippen LogP contribution in [0.1, 0.15) is 26.7 Å². The van der Waals surface area contributed by atoms with Gasteiger partial charge in [-0.2, -0.15) is 0 Å². The van der Waals surface area contributed by atoms with Crippen LogP contribution in [0.15, 0.2) is 24.3 Å². The molecule has 0 aromatic rings. The van der Waals surface area contributed by atoms with E-state index in [1.165, 1.54) is 0 Å². The average molecular weight is 246 g/mol. The van der Waals surface area contributed by atoms with Crippen molar-refractivity contribution in [3.8, 4) is 0 Å². The first-order chi connectivity index (χ1) is 8.44. The fraction of sp³-hybridized carbons (Fsp3) is 0.600. The first-order valence-electron chi connectivity index (χ1n) is 6.57. The highest BCUT2D eigenvalue weighted by Crippen LogP contribution is 2.54. The van der Waals surface area contributed by atoms with Gasteiger partial charge in [-0.1, -0.05) is 26.5 Å². The lowest BCUT2D eigenvalue weighted by molar-refractivity contribution is -0.149. The van der Waals surface area contributed by atoms with Gasteiger partial charge in [0.15, 0.2) is 5.78 Å². The van der Waals surface area contributed by atoms with E-state index in [0.717, 1.165) is 12.8 Å². The van der Waals surface area contributed by atoms with Crippen molar-refractivity contribution in [2.45, 2.75) is 32.8 Å². The second-order valence-corrected chi connectivity index (χ2v) is 6.10. The van der Waals surface area contributed by atoms with Crippen LogP contribution in [0.25, 0.3) is 0 Å². The molecule has 0 aromatic carbocycles. The van der Waals surface area contributed by atoms with Gasteiger partial charge in [0.05, 0.1) is 0 Å². The third-order valence-corrected chi connectivity index (χ3v) is 5.07. The maximum absolute atomic E-state index is 11.9. The van der Waals surface area contributed by atoms with Crippen molar-refractivity contribution in [2.75, 3.05) is 0 Å². The Kier molecular flexibility index (Phi) is 2.31. The van der Waals surface area contributed by atoms with E-state index in [-0.39, 0.29) is 41.0 Å². The Balaban J connectivity index is 2.03. The fourth-order valence-corrected chi connectivity index (χ4v) is 3.95. The van der Waals surface area contributed by atoms with Crippen molar-refractivity contribution in [1.29, 1.82) is 0 Å². The first kappa shape index (κ1) is 11.7. The third-order valence-electron chi connectivity index (χ3n) is 5.07. The molecule has 3 aliphatic rings. The van der Waals surface area contributed by atoms with Crippen molar-refractivity contribution in [3.63, 3.8) is 0 Å². The highest BCUT2D eigenvalue weighted by Gasteiger charge is 2.56. The van der Waals surface area contributed by atoms with Crippen molar-refractivity contribution in [2.24, 2.45) is 23.2 Å². The second kappa shape index (κ2) is 3.56. The van der Waals surface area contributed by atoms with Gasteiger partial charge >= 0.3 is 5.97 Å². The predicted molar refractivity (Wildman–Crippen MR) is 66.7 cm³/mol. The van der Waals surface area contributed by atoms with Gasteiger partial charge in [0, 0.05) is 23.3 Å². The Morgan fingerprint density at radius 2 is 2.17 bits per heavy atom. The number of carbonyl (C=O) groups excluding carboxylic acids is 2. The Morgan fingerprint density at radius 3 is 2.89 bits per heavy atom. The van der Waals surface area contributed by atoms with E-state index in [0.29, 0.717) is 5.57 Å². The molecule has 1 aliphatic heterocycles. The zero-order valence-electron chi connectivity index (χ0n) is 10.8. The summed E-state index contributed by atoms with van der Waals surface area (Å²) in [6, 6.07) is 0. The molecule has 0 aromatic heterocycles. The van der Waals surface area contributed by atoms with Crippen molar-refractivity contribution in [1.82, 2.24) is 0 Å². The number of allylic oxidation sites excluding steroid dienone is 2. The molecule has 0 amide bonds. The molecular weight excluding hydrogens is 228 g/mol. The molecule has 2 fully saturated rings. The lowest BCUT2D eigenvalue weighted by atomic mass is 9.56. The van der Waals surface area contributed by atoms with Crippen LogP contribution >= 0.6 is 0 Å². The van der Waals surface area contributed by atoms with Crippen molar-refractivity contribution in [3.05, 3.63) is 24.3 Å². The maximum Gasteiger partial charge on any atom is 0.334 e. The molecule has 1 saturated heterocycles. The number of rotatable bonds is 0. The molecular formula is C15H18O3. The summed E-state index contributed by atoms with van der Waals surface area (Å²) in [5, 5.41) is 0. The molecule has 1 saturated carbocycles. The van der Waals surface area contributed by atoms with Gasteiger partial charge in [-0.3, -0.25) is 4.79 Å². The molecule has 5 atom stereocenters. The van der Waals surface area contributed by atoms with E-state index in [1.807, 2.05) is 13.0 Å². The Morgan fingerprint density at radius 1 is 1.44 bits per heavy atom. The van der Waals surface area contributed by atoms with Crippen LogP contribution in [0.3, 0.4) is 0 Å². The lowest BCUT2D eigenvalue weighted by Gasteiger charge is -2.48. The van der Waals surface area contributed by atoms with Gasteiger partial charge < -0.3 is 4.74 Å². The van der Waals surface area contributed by atoms with E-state index in [4.69, 9.17) is 4.74 Å². The molecule has 3 heteroatoms. The van der Waals surface area contributed by atoms with Crippen molar-refractivity contribution < 1.29 is 14.3 Å². The number of hydrogen-bond acceptors (Lipinski definition) is 3. The van der Waals surface area contributed by atoms with Crippen LogP contribution in [0.2, 0.25) is 0 Å². The van der Waals surface area contributed by atoms with Crippen LogP contribution in [-0.2, 0) is 14.3 Å². The standard InChI is InChI=1S/C15H18O3/c1-8-10-4-6-15(3)7-5-11(16)9(2)12(15)13(10)18-14(8)17/h5,7,9-10,12-13H,1,4,6H2,2-3H3/t9-,10-,12+,13-,15-/m0/s1. The van der Waals surface area contributed by atoms with Crippen LogP contribution in [-0.4, -0.2) is 17.9 Å². The summed E-state index contributed by atoms with van der Waals surface area (Å²) in [4.78, 5) is 23.6. The van der Waals surface area contributed by atoms with E-state index in [9.17, 15) is 9.59 Å². The molecule has 0 radical (unpaired) electrons. The first-order valence-corrected chi connectivity index (χ1v) is 6.57. The normalized spacial score (nSPS) is 46.7. The number of ether oxygens (including phenoxy) is 1. The van der Waals surface area contributed by atoms with Gasteiger partial charge in [0.1, 0.15) is 6.10 Å². The highest BCUT2D eigenvalue weighted by atomic mass is 16.6. The molecule has 0 spiro atoms. The molecule has 0 bridgehead atoms. The summed E-state index contributed by atoms with van der Waals surface area (Å²) < 4.78 is 5.51. The minimum absolute atomic E-state index is 0.0284. The molecule has 18 heavy (non-hydrogen) atoms. The smallest absolute Gasteiger partial charge is 0.334 e. The summed E-state index contributed by atoms with van der Waals surface area (Å²) in [6.07, 6.45) is 5.47. The Labute approximate surface area is 107 Å². The molecule has 0 N–H and O–H groups in total. The molecule has 3 nitrogen and oxygen atoms in total. The summed E-state index contributed by atoms with van der Waals surface area (Å²) in [5.74, 6) is -0.00378. The number of fused-ring (bicyclic) bond motifs is 3. The zero-order chi connectivity index (χ0) is 13.1. The number of ketones is 1. The van der Waals surface area contributed by atoms with Gasteiger partial charge in [-0.15, -0.1) is 0 Å². The monoisotopic (exact) mass is 246 g/mol. The van der Waals surface area contributed by atoms with Gasteiger partial charge in [-0.05, 0) is 24.3 Å². The molecule has 96 valence electrons. The number of esters is 1. The van der Waals surface area contributed by atoms with E-state index >= 15 is 0 Å². The summed E-state index contributed by atoms with van der Waals surface area (Å²) >= 11 is 0. The maximum atomic E-state index is 11.9. The molecule has 3 rings (SSSR count). The zero-order valence-corrected chi connectivity index (χ0v) is 10.8.